The molecule has 1 aromatic carbocycles. The standard InChI is InChI=1S/C17H22N2S/c1-12-9-11-20-17(12)16(13(2)18)19-10-5-7-14-6-3-4-8-15(14)19/h3-4,6,8-9,11,13,16H,5,7,10,18H2,1-2H3. The molecule has 2 nitrogen and oxygen atoms in total. The minimum atomic E-state index is 0.124. The Balaban J connectivity index is 2.04. The fraction of sp³-hybridized carbons (Fsp3) is 0.412. The number of thiophene rings is 1. The highest BCUT2D eigenvalue weighted by atomic mass is 32.1. The van der Waals surface area contributed by atoms with Gasteiger partial charge in [0.05, 0.1) is 6.04 Å². The van der Waals surface area contributed by atoms with Crippen LogP contribution in [0.3, 0.4) is 0 Å². The van der Waals surface area contributed by atoms with Gasteiger partial charge in [0.2, 0.25) is 0 Å². The molecule has 2 heterocycles. The van der Waals surface area contributed by atoms with Crippen LogP contribution in [-0.2, 0) is 6.42 Å². The lowest BCUT2D eigenvalue weighted by molar-refractivity contribution is 0.515. The highest BCUT2D eigenvalue weighted by Gasteiger charge is 2.29. The largest absolute Gasteiger partial charge is 0.362 e. The van der Waals surface area contributed by atoms with Crippen LogP contribution in [0.5, 0.6) is 0 Å². The van der Waals surface area contributed by atoms with Gasteiger partial charge in [0, 0.05) is 23.2 Å². The Hall–Kier alpha value is -1.32. The number of fused-ring (bicyclic) bond motifs is 1. The molecule has 3 heteroatoms. The number of para-hydroxylation sites is 1. The number of benzene rings is 1. The average Bonchev–Trinajstić information content (AvgIpc) is 2.85. The van der Waals surface area contributed by atoms with Gasteiger partial charge in [-0.05, 0) is 55.3 Å². The van der Waals surface area contributed by atoms with Crippen molar-refractivity contribution >= 4 is 17.0 Å². The molecule has 0 bridgehead atoms. The van der Waals surface area contributed by atoms with E-state index in [0.29, 0.717) is 0 Å². The summed E-state index contributed by atoms with van der Waals surface area (Å²) < 4.78 is 0. The molecular formula is C17H22N2S. The molecular weight excluding hydrogens is 264 g/mol. The predicted octanol–water partition coefficient (Wildman–Crippen LogP) is 3.90. The summed E-state index contributed by atoms with van der Waals surface area (Å²) in [6, 6.07) is 11.4. The first kappa shape index (κ1) is 13.7. The highest BCUT2D eigenvalue weighted by molar-refractivity contribution is 7.10. The Bertz CT molecular complexity index is 588. The van der Waals surface area contributed by atoms with E-state index in [1.54, 1.807) is 0 Å². The molecule has 106 valence electrons. The van der Waals surface area contributed by atoms with E-state index in [9.17, 15) is 0 Å². The van der Waals surface area contributed by atoms with Gasteiger partial charge in [0.25, 0.3) is 0 Å². The zero-order valence-corrected chi connectivity index (χ0v) is 13.0. The van der Waals surface area contributed by atoms with Crippen LogP contribution in [0, 0.1) is 6.92 Å². The van der Waals surface area contributed by atoms with Crippen LogP contribution in [0.4, 0.5) is 5.69 Å². The van der Waals surface area contributed by atoms with Crippen LogP contribution < -0.4 is 10.6 Å². The average molecular weight is 286 g/mol. The van der Waals surface area contributed by atoms with E-state index >= 15 is 0 Å². The van der Waals surface area contributed by atoms with Gasteiger partial charge in [0.1, 0.15) is 0 Å². The van der Waals surface area contributed by atoms with E-state index in [-0.39, 0.29) is 12.1 Å². The van der Waals surface area contributed by atoms with E-state index in [2.05, 4.69) is 54.5 Å². The van der Waals surface area contributed by atoms with E-state index in [1.165, 1.54) is 34.5 Å². The molecule has 1 aliphatic rings. The monoisotopic (exact) mass is 286 g/mol. The molecule has 0 saturated carbocycles. The normalized spacial score (nSPS) is 17.6. The molecule has 2 N–H and O–H groups in total. The van der Waals surface area contributed by atoms with Crippen LogP contribution in [0.1, 0.15) is 35.4 Å². The van der Waals surface area contributed by atoms with E-state index in [1.807, 2.05) is 11.3 Å². The first-order valence-corrected chi connectivity index (χ1v) is 8.20. The molecule has 0 saturated heterocycles. The summed E-state index contributed by atoms with van der Waals surface area (Å²) in [5.41, 5.74) is 10.5. The number of anilines is 1. The summed E-state index contributed by atoms with van der Waals surface area (Å²) in [6.07, 6.45) is 2.40. The maximum absolute atomic E-state index is 6.35. The van der Waals surface area contributed by atoms with Crippen LogP contribution in [0.2, 0.25) is 0 Å². The van der Waals surface area contributed by atoms with Crippen molar-refractivity contribution in [3.8, 4) is 0 Å². The maximum Gasteiger partial charge on any atom is 0.0785 e. The van der Waals surface area contributed by atoms with Gasteiger partial charge >= 0.3 is 0 Å². The first-order chi connectivity index (χ1) is 9.68. The second kappa shape index (κ2) is 5.58. The molecule has 20 heavy (non-hydrogen) atoms. The lowest BCUT2D eigenvalue weighted by Crippen LogP contribution is -2.42. The number of hydrogen-bond acceptors (Lipinski definition) is 3. The number of nitrogens with two attached hydrogens (primary N) is 1. The van der Waals surface area contributed by atoms with Crippen LogP contribution in [0.25, 0.3) is 0 Å². The second-order valence-corrected chi connectivity index (χ2v) is 6.65. The van der Waals surface area contributed by atoms with E-state index < -0.39 is 0 Å². The van der Waals surface area contributed by atoms with Crippen molar-refractivity contribution in [2.45, 2.75) is 38.8 Å². The molecule has 0 radical (unpaired) electrons. The molecule has 2 unspecified atom stereocenters. The second-order valence-electron chi connectivity index (χ2n) is 5.70. The first-order valence-electron chi connectivity index (χ1n) is 7.32. The zero-order chi connectivity index (χ0) is 14.1. The summed E-state index contributed by atoms with van der Waals surface area (Å²) in [5, 5.41) is 2.18. The van der Waals surface area contributed by atoms with Crippen molar-refractivity contribution in [3.63, 3.8) is 0 Å². The minimum absolute atomic E-state index is 0.124. The van der Waals surface area contributed by atoms with Crippen LogP contribution in [-0.4, -0.2) is 12.6 Å². The summed E-state index contributed by atoms with van der Waals surface area (Å²) in [6.45, 7) is 5.42. The molecule has 1 aliphatic heterocycles. The van der Waals surface area contributed by atoms with Gasteiger partial charge in [-0.2, -0.15) is 0 Å². The Labute approximate surface area is 125 Å². The fourth-order valence-corrected chi connectivity index (χ4v) is 4.36. The third kappa shape index (κ3) is 2.36. The molecule has 0 aliphatic carbocycles. The van der Waals surface area contributed by atoms with Gasteiger partial charge in [-0.25, -0.2) is 0 Å². The highest BCUT2D eigenvalue weighted by Crippen LogP contribution is 2.38. The van der Waals surface area contributed by atoms with Crippen molar-refractivity contribution in [2.24, 2.45) is 5.73 Å². The SMILES string of the molecule is Cc1ccsc1C(C(C)N)N1CCCc2ccccc21. The minimum Gasteiger partial charge on any atom is -0.362 e. The van der Waals surface area contributed by atoms with E-state index in [0.717, 1.165) is 6.54 Å². The number of aryl methyl sites for hydroxylation is 2. The Kier molecular flexibility index (Phi) is 3.81. The fourth-order valence-electron chi connectivity index (χ4n) is 3.20. The predicted molar refractivity (Wildman–Crippen MR) is 87.6 cm³/mol. The lowest BCUT2D eigenvalue weighted by atomic mass is 9.96. The van der Waals surface area contributed by atoms with Crippen molar-refractivity contribution in [1.82, 2.24) is 0 Å². The third-order valence-electron chi connectivity index (χ3n) is 4.15. The summed E-state index contributed by atoms with van der Waals surface area (Å²) in [4.78, 5) is 3.93. The quantitative estimate of drug-likeness (QED) is 0.927. The molecule has 0 amide bonds. The summed E-state index contributed by atoms with van der Waals surface area (Å²) in [5.74, 6) is 0. The Morgan fingerprint density at radius 1 is 1.25 bits per heavy atom. The van der Waals surface area contributed by atoms with Gasteiger partial charge < -0.3 is 10.6 Å². The van der Waals surface area contributed by atoms with Crippen LogP contribution >= 0.6 is 11.3 Å². The van der Waals surface area contributed by atoms with Crippen molar-refractivity contribution in [1.29, 1.82) is 0 Å². The third-order valence-corrected chi connectivity index (χ3v) is 5.24. The molecule has 2 atom stereocenters. The smallest absolute Gasteiger partial charge is 0.0785 e. The molecule has 3 rings (SSSR count). The van der Waals surface area contributed by atoms with Gasteiger partial charge in [-0.1, -0.05) is 18.2 Å². The summed E-state index contributed by atoms with van der Waals surface area (Å²) in [7, 11) is 0. The van der Waals surface area contributed by atoms with E-state index in [4.69, 9.17) is 5.73 Å². The zero-order valence-electron chi connectivity index (χ0n) is 12.2. The maximum atomic E-state index is 6.35. The topological polar surface area (TPSA) is 29.3 Å². The Morgan fingerprint density at radius 3 is 2.75 bits per heavy atom. The molecule has 0 fully saturated rings. The Morgan fingerprint density at radius 2 is 2.05 bits per heavy atom. The van der Waals surface area contributed by atoms with Gasteiger partial charge in [0.15, 0.2) is 0 Å². The molecule has 2 aromatic rings. The van der Waals surface area contributed by atoms with Crippen molar-refractivity contribution in [3.05, 3.63) is 51.7 Å². The molecule has 1 aromatic heterocycles. The van der Waals surface area contributed by atoms with Crippen molar-refractivity contribution < 1.29 is 0 Å². The summed E-state index contributed by atoms with van der Waals surface area (Å²) >= 11 is 1.83. The van der Waals surface area contributed by atoms with Gasteiger partial charge in [-0.3, -0.25) is 0 Å². The van der Waals surface area contributed by atoms with Crippen molar-refractivity contribution in [2.75, 3.05) is 11.4 Å². The number of hydrogen-bond donors (Lipinski definition) is 1. The van der Waals surface area contributed by atoms with Gasteiger partial charge in [-0.15, -0.1) is 11.3 Å². The number of rotatable bonds is 3. The van der Waals surface area contributed by atoms with Crippen LogP contribution in [0.15, 0.2) is 35.7 Å². The molecule has 0 spiro atoms. The number of nitrogens with zero attached hydrogens (tertiary/aromatic N) is 1. The lowest BCUT2D eigenvalue weighted by Gasteiger charge is -2.40.